The first-order valence-electron chi connectivity index (χ1n) is 11.5. The van der Waals surface area contributed by atoms with Gasteiger partial charge in [0.2, 0.25) is 18.6 Å². The number of nitrogens with zero attached hydrogens (tertiary/aromatic N) is 1. The van der Waals surface area contributed by atoms with E-state index in [2.05, 4.69) is 21.6 Å². The van der Waals surface area contributed by atoms with Crippen LogP contribution in [-0.2, 0) is 9.59 Å². The molecular formula is C24H33N3O4. The van der Waals surface area contributed by atoms with Crippen molar-refractivity contribution in [3.05, 3.63) is 29.8 Å². The van der Waals surface area contributed by atoms with Crippen molar-refractivity contribution in [2.45, 2.75) is 57.9 Å². The molecule has 1 aromatic carbocycles. The maximum Gasteiger partial charge on any atom is 0.237 e. The summed E-state index contributed by atoms with van der Waals surface area (Å²) in [5.41, 5.74) is 2.20. The zero-order valence-corrected chi connectivity index (χ0v) is 18.3. The van der Waals surface area contributed by atoms with Crippen molar-refractivity contribution in [3.63, 3.8) is 0 Å². The minimum atomic E-state index is -0.168. The molecule has 1 saturated heterocycles. The zero-order valence-electron chi connectivity index (χ0n) is 18.3. The lowest BCUT2D eigenvalue weighted by Gasteiger charge is -2.34. The molecule has 7 nitrogen and oxygen atoms in total. The number of anilines is 1. The van der Waals surface area contributed by atoms with E-state index < -0.39 is 0 Å². The Hall–Kier alpha value is -2.54. The van der Waals surface area contributed by atoms with E-state index in [9.17, 15) is 9.59 Å². The second-order valence-corrected chi connectivity index (χ2v) is 8.69. The van der Waals surface area contributed by atoms with Gasteiger partial charge in [-0.25, -0.2) is 0 Å². The number of hydrogen-bond acceptors (Lipinski definition) is 5. The van der Waals surface area contributed by atoms with Crippen molar-refractivity contribution in [3.8, 4) is 11.5 Å². The molecule has 7 heteroatoms. The number of benzene rings is 1. The first-order valence-corrected chi connectivity index (χ1v) is 11.5. The van der Waals surface area contributed by atoms with Gasteiger partial charge in [0.15, 0.2) is 11.5 Å². The quantitative estimate of drug-likeness (QED) is 0.652. The highest BCUT2D eigenvalue weighted by atomic mass is 16.7. The Balaban J connectivity index is 1.19. The molecule has 1 fully saturated rings. The number of rotatable bonds is 7. The van der Waals surface area contributed by atoms with Crippen molar-refractivity contribution >= 4 is 17.5 Å². The number of likely N-dealkylation sites (tertiary alicyclic amines) is 1. The molecule has 1 atom stereocenters. The van der Waals surface area contributed by atoms with Gasteiger partial charge in [-0.1, -0.05) is 11.6 Å². The van der Waals surface area contributed by atoms with Gasteiger partial charge >= 0.3 is 0 Å². The summed E-state index contributed by atoms with van der Waals surface area (Å²) in [7, 11) is 0. The summed E-state index contributed by atoms with van der Waals surface area (Å²) in [6, 6.07) is 5.27. The Kier molecular flexibility index (Phi) is 7.12. The van der Waals surface area contributed by atoms with Gasteiger partial charge in [-0.2, -0.15) is 0 Å². The van der Waals surface area contributed by atoms with Crippen LogP contribution in [0, 0.1) is 5.92 Å². The molecule has 0 bridgehead atoms. The predicted molar refractivity (Wildman–Crippen MR) is 119 cm³/mol. The van der Waals surface area contributed by atoms with Gasteiger partial charge in [-0.15, -0.1) is 0 Å². The lowest BCUT2D eigenvalue weighted by atomic mass is 9.94. The van der Waals surface area contributed by atoms with Crippen molar-refractivity contribution in [2.75, 3.05) is 31.7 Å². The van der Waals surface area contributed by atoms with Crippen molar-refractivity contribution in [1.82, 2.24) is 10.2 Å². The average Bonchev–Trinajstić information content (AvgIpc) is 3.27. The molecule has 2 N–H and O–H groups in total. The fraction of sp³-hybridized carbons (Fsp3) is 0.583. The van der Waals surface area contributed by atoms with E-state index in [1.165, 1.54) is 31.3 Å². The van der Waals surface area contributed by atoms with E-state index in [-0.39, 0.29) is 30.6 Å². The minimum absolute atomic E-state index is 0.0244. The predicted octanol–water partition coefficient (Wildman–Crippen LogP) is 3.46. The first-order chi connectivity index (χ1) is 15.1. The summed E-state index contributed by atoms with van der Waals surface area (Å²) in [5, 5.41) is 6.08. The summed E-state index contributed by atoms with van der Waals surface area (Å²) in [6.45, 7) is 4.39. The fourth-order valence-electron chi connectivity index (χ4n) is 4.56. The van der Waals surface area contributed by atoms with Gasteiger partial charge in [0.1, 0.15) is 0 Å². The van der Waals surface area contributed by atoms with Crippen LogP contribution in [0.15, 0.2) is 29.8 Å². The van der Waals surface area contributed by atoms with Crippen LogP contribution in [0.4, 0.5) is 5.69 Å². The zero-order chi connectivity index (χ0) is 21.6. The largest absolute Gasteiger partial charge is 0.454 e. The summed E-state index contributed by atoms with van der Waals surface area (Å²) < 4.78 is 10.7. The van der Waals surface area contributed by atoms with Gasteiger partial charge in [0, 0.05) is 24.2 Å². The SMILES string of the molecule is C[C@@H](C(=O)NCCC1=CCCCC1)N1CCC(C(=O)Nc2ccc3c(c2)OCO3)CC1. The maximum absolute atomic E-state index is 12.7. The van der Waals surface area contributed by atoms with Crippen LogP contribution in [0.25, 0.3) is 0 Å². The smallest absolute Gasteiger partial charge is 0.237 e. The highest BCUT2D eigenvalue weighted by Crippen LogP contribution is 2.34. The molecule has 168 valence electrons. The van der Waals surface area contributed by atoms with Crippen LogP contribution in [-0.4, -0.2) is 49.2 Å². The van der Waals surface area contributed by atoms with Gasteiger partial charge in [-0.05, 0) is 77.1 Å². The second kappa shape index (κ2) is 10.2. The third-order valence-electron chi connectivity index (χ3n) is 6.60. The number of amides is 2. The third-order valence-corrected chi connectivity index (χ3v) is 6.60. The van der Waals surface area contributed by atoms with E-state index in [1.807, 2.05) is 19.1 Å². The number of hydrogen-bond donors (Lipinski definition) is 2. The van der Waals surface area contributed by atoms with E-state index in [0.29, 0.717) is 18.0 Å². The van der Waals surface area contributed by atoms with E-state index in [0.717, 1.165) is 38.0 Å². The monoisotopic (exact) mass is 427 g/mol. The Morgan fingerprint density at radius 1 is 1.16 bits per heavy atom. The Bertz CT molecular complexity index is 830. The van der Waals surface area contributed by atoms with E-state index in [4.69, 9.17) is 9.47 Å². The normalized spacial score (nSPS) is 20.1. The second-order valence-electron chi connectivity index (χ2n) is 8.69. The molecule has 0 aromatic heterocycles. The minimum Gasteiger partial charge on any atom is -0.454 e. The Morgan fingerprint density at radius 3 is 2.74 bits per heavy atom. The molecule has 2 aliphatic heterocycles. The lowest BCUT2D eigenvalue weighted by molar-refractivity contribution is -0.127. The average molecular weight is 428 g/mol. The molecule has 31 heavy (non-hydrogen) atoms. The molecule has 0 saturated carbocycles. The topological polar surface area (TPSA) is 79.9 Å². The van der Waals surface area contributed by atoms with E-state index >= 15 is 0 Å². The van der Waals surface area contributed by atoms with Gasteiger partial charge in [0.25, 0.3) is 0 Å². The molecule has 1 aliphatic carbocycles. The van der Waals surface area contributed by atoms with Gasteiger partial charge < -0.3 is 20.1 Å². The Morgan fingerprint density at radius 2 is 1.97 bits per heavy atom. The Labute approximate surface area is 184 Å². The number of fused-ring (bicyclic) bond motifs is 1. The summed E-state index contributed by atoms with van der Waals surface area (Å²) in [6.07, 6.45) is 9.70. The van der Waals surface area contributed by atoms with E-state index in [1.54, 1.807) is 6.07 Å². The molecule has 0 spiro atoms. The van der Waals surface area contributed by atoms with Crippen molar-refractivity contribution < 1.29 is 19.1 Å². The van der Waals surface area contributed by atoms with Gasteiger partial charge in [0.05, 0.1) is 6.04 Å². The van der Waals surface area contributed by atoms with Crippen LogP contribution in [0.1, 0.15) is 51.9 Å². The molecule has 2 heterocycles. The molecule has 0 unspecified atom stereocenters. The molecule has 3 aliphatic rings. The highest BCUT2D eigenvalue weighted by Gasteiger charge is 2.30. The number of nitrogens with one attached hydrogen (secondary N) is 2. The molecule has 4 rings (SSSR count). The molecular weight excluding hydrogens is 394 g/mol. The van der Waals surface area contributed by atoms with Crippen LogP contribution < -0.4 is 20.1 Å². The number of allylic oxidation sites excluding steroid dienone is 1. The maximum atomic E-state index is 12.7. The summed E-state index contributed by atoms with van der Waals surface area (Å²) >= 11 is 0. The lowest BCUT2D eigenvalue weighted by Crippen LogP contribution is -2.49. The van der Waals surface area contributed by atoms with Gasteiger partial charge in [-0.3, -0.25) is 14.5 Å². The highest BCUT2D eigenvalue weighted by molar-refractivity contribution is 5.93. The molecule has 2 amide bonds. The standard InChI is InChI=1S/C24H33N3O4/c1-17(23(28)25-12-9-18-5-3-2-4-6-18)27-13-10-19(11-14-27)24(29)26-20-7-8-21-22(15-20)31-16-30-21/h5,7-8,15,17,19H,2-4,6,9-14,16H2,1H3,(H,25,28)(H,26,29)/t17-/m0/s1. The summed E-state index contributed by atoms with van der Waals surface area (Å²) in [5.74, 6) is 1.42. The number of ether oxygens (including phenoxy) is 2. The number of carbonyl (C=O) groups is 2. The number of piperidine rings is 1. The molecule has 1 aromatic rings. The van der Waals surface area contributed by atoms with Crippen LogP contribution in [0.2, 0.25) is 0 Å². The van der Waals surface area contributed by atoms with Crippen LogP contribution in [0.5, 0.6) is 11.5 Å². The summed E-state index contributed by atoms with van der Waals surface area (Å²) in [4.78, 5) is 27.4. The third kappa shape index (κ3) is 5.58. The van der Waals surface area contributed by atoms with Crippen molar-refractivity contribution in [2.24, 2.45) is 5.92 Å². The van der Waals surface area contributed by atoms with Crippen LogP contribution >= 0.6 is 0 Å². The number of carbonyl (C=O) groups excluding carboxylic acids is 2. The van der Waals surface area contributed by atoms with Crippen molar-refractivity contribution in [1.29, 1.82) is 0 Å². The fourth-order valence-corrected chi connectivity index (χ4v) is 4.56. The molecule has 0 radical (unpaired) electrons. The first kappa shape index (κ1) is 21.7. The van der Waals surface area contributed by atoms with Crippen LogP contribution in [0.3, 0.4) is 0 Å².